The molecular formula is C16H15F2NO. The lowest BCUT2D eigenvalue weighted by Gasteiger charge is -2.23. The van der Waals surface area contributed by atoms with E-state index in [4.69, 9.17) is 0 Å². The molecule has 0 unspecified atom stereocenters. The molecule has 0 atom stereocenters. The van der Waals surface area contributed by atoms with Crippen LogP contribution in [0, 0.1) is 18.6 Å². The number of carbonyl (C=O) groups is 1. The molecule has 0 aliphatic rings. The number of rotatable bonds is 3. The highest BCUT2D eigenvalue weighted by Gasteiger charge is 2.21. The Bertz CT molecular complexity index is 640. The minimum atomic E-state index is -0.719. The lowest BCUT2D eigenvalue weighted by molar-refractivity contribution is 0.0984. The second-order valence-electron chi connectivity index (χ2n) is 4.46. The fraction of sp³-hybridized carbons (Fsp3) is 0.188. The van der Waals surface area contributed by atoms with Crippen LogP contribution in [-0.2, 0) is 0 Å². The van der Waals surface area contributed by atoms with Gasteiger partial charge in [-0.3, -0.25) is 4.79 Å². The number of hydrogen-bond acceptors (Lipinski definition) is 1. The minimum absolute atomic E-state index is 0.255. The van der Waals surface area contributed by atoms with Crippen LogP contribution >= 0.6 is 0 Å². The predicted octanol–water partition coefficient (Wildman–Crippen LogP) is 3.94. The summed E-state index contributed by atoms with van der Waals surface area (Å²) in [5, 5.41) is 0. The van der Waals surface area contributed by atoms with Gasteiger partial charge in [0, 0.05) is 12.2 Å². The van der Waals surface area contributed by atoms with E-state index in [-0.39, 0.29) is 5.56 Å². The summed E-state index contributed by atoms with van der Waals surface area (Å²) in [5.74, 6) is -1.89. The van der Waals surface area contributed by atoms with Crippen molar-refractivity contribution in [2.45, 2.75) is 13.8 Å². The van der Waals surface area contributed by atoms with Crippen LogP contribution in [-0.4, -0.2) is 12.5 Å². The molecule has 2 rings (SSSR count). The molecule has 0 saturated heterocycles. The third kappa shape index (κ3) is 2.69. The van der Waals surface area contributed by atoms with Crippen molar-refractivity contribution in [1.29, 1.82) is 0 Å². The van der Waals surface area contributed by atoms with Crippen LogP contribution in [0.1, 0.15) is 22.8 Å². The summed E-state index contributed by atoms with van der Waals surface area (Å²) in [6, 6.07) is 10.2. The van der Waals surface area contributed by atoms with E-state index in [1.165, 1.54) is 4.90 Å². The third-order valence-electron chi connectivity index (χ3n) is 3.13. The number of halogens is 2. The summed E-state index contributed by atoms with van der Waals surface area (Å²) in [7, 11) is 0. The first kappa shape index (κ1) is 14.2. The zero-order chi connectivity index (χ0) is 14.7. The topological polar surface area (TPSA) is 20.3 Å². The summed E-state index contributed by atoms with van der Waals surface area (Å²) < 4.78 is 26.9. The van der Waals surface area contributed by atoms with Crippen LogP contribution in [0.2, 0.25) is 0 Å². The first-order chi connectivity index (χ1) is 9.54. The van der Waals surface area contributed by atoms with Crippen molar-refractivity contribution >= 4 is 11.6 Å². The molecule has 2 aromatic rings. The van der Waals surface area contributed by atoms with Crippen molar-refractivity contribution in [3.05, 3.63) is 65.2 Å². The Kier molecular flexibility index (Phi) is 4.13. The van der Waals surface area contributed by atoms with Gasteiger partial charge in [0.2, 0.25) is 0 Å². The number of para-hydroxylation sites is 1. The van der Waals surface area contributed by atoms with E-state index in [1.807, 2.05) is 19.1 Å². The molecule has 0 aromatic heterocycles. The molecule has 20 heavy (non-hydrogen) atoms. The lowest BCUT2D eigenvalue weighted by Crippen LogP contribution is -2.32. The van der Waals surface area contributed by atoms with Crippen molar-refractivity contribution in [2.75, 3.05) is 11.4 Å². The van der Waals surface area contributed by atoms with Crippen LogP contribution in [0.3, 0.4) is 0 Å². The van der Waals surface area contributed by atoms with Gasteiger partial charge in [0.15, 0.2) is 0 Å². The molecule has 4 heteroatoms. The smallest absolute Gasteiger partial charge is 0.261 e. The SMILES string of the molecule is CCN(C(=O)c1cc(F)ccc1F)c1ccccc1C. The van der Waals surface area contributed by atoms with Gasteiger partial charge in [-0.2, -0.15) is 0 Å². The Morgan fingerprint density at radius 2 is 1.85 bits per heavy atom. The zero-order valence-corrected chi connectivity index (χ0v) is 11.4. The Labute approximate surface area is 116 Å². The predicted molar refractivity (Wildman–Crippen MR) is 74.9 cm³/mol. The minimum Gasteiger partial charge on any atom is -0.308 e. The van der Waals surface area contributed by atoms with Gasteiger partial charge in [-0.05, 0) is 43.7 Å². The maximum absolute atomic E-state index is 13.7. The van der Waals surface area contributed by atoms with E-state index >= 15 is 0 Å². The highest BCUT2D eigenvalue weighted by Crippen LogP contribution is 2.22. The fourth-order valence-corrected chi connectivity index (χ4v) is 2.10. The lowest BCUT2D eigenvalue weighted by atomic mass is 10.1. The Hall–Kier alpha value is -2.23. The maximum atomic E-state index is 13.7. The number of hydrogen-bond donors (Lipinski definition) is 0. The molecule has 0 aliphatic carbocycles. The van der Waals surface area contributed by atoms with Gasteiger partial charge in [0.05, 0.1) is 5.56 Å². The average molecular weight is 275 g/mol. The molecule has 0 radical (unpaired) electrons. The summed E-state index contributed by atoms with van der Waals surface area (Å²) in [6.07, 6.45) is 0. The first-order valence-corrected chi connectivity index (χ1v) is 6.37. The van der Waals surface area contributed by atoms with E-state index in [0.717, 1.165) is 23.8 Å². The Balaban J connectivity index is 2.45. The molecule has 0 heterocycles. The highest BCUT2D eigenvalue weighted by molar-refractivity contribution is 6.06. The molecule has 1 amide bonds. The second kappa shape index (κ2) is 5.82. The number of anilines is 1. The molecule has 0 bridgehead atoms. The van der Waals surface area contributed by atoms with Gasteiger partial charge < -0.3 is 4.90 Å². The summed E-state index contributed by atoms with van der Waals surface area (Å²) in [4.78, 5) is 13.9. The van der Waals surface area contributed by atoms with Gasteiger partial charge in [0.1, 0.15) is 11.6 Å². The molecule has 104 valence electrons. The van der Waals surface area contributed by atoms with Crippen molar-refractivity contribution in [3.8, 4) is 0 Å². The van der Waals surface area contributed by atoms with Gasteiger partial charge in [-0.15, -0.1) is 0 Å². The molecule has 2 nitrogen and oxygen atoms in total. The van der Waals surface area contributed by atoms with Crippen LogP contribution < -0.4 is 4.90 Å². The van der Waals surface area contributed by atoms with Crippen LogP contribution in [0.4, 0.5) is 14.5 Å². The van der Waals surface area contributed by atoms with E-state index < -0.39 is 17.5 Å². The molecular weight excluding hydrogens is 260 g/mol. The number of carbonyl (C=O) groups excluding carboxylic acids is 1. The maximum Gasteiger partial charge on any atom is 0.261 e. The van der Waals surface area contributed by atoms with Crippen molar-refractivity contribution < 1.29 is 13.6 Å². The number of benzene rings is 2. The van der Waals surface area contributed by atoms with E-state index in [0.29, 0.717) is 12.2 Å². The standard InChI is InChI=1S/C16H15F2NO/c1-3-19(15-7-5-4-6-11(15)2)16(20)13-10-12(17)8-9-14(13)18/h4-10H,3H2,1-2H3. The van der Waals surface area contributed by atoms with Crippen LogP contribution in [0.5, 0.6) is 0 Å². The zero-order valence-electron chi connectivity index (χ0n) is 11.4. The number of amides is 1. The van der Waals surface area contributed by atoms with Gasteiger partial charge in [-0.25, -0.2) is 8.78 Å². The largest absolute Gasteiger partial charge is 0.308 e. The molecule has 0 spiro atoms. The highest BCUT2D eigenvalue weighted by atomic mass is 19.1. The molecule has 0 aliphatic heterocycles. The Morgan fingerprint density at radius 3 is 2.50 bits per heavy atom. The van der Waals surface area contributed by atoms with E-state index in [2.05, 4.69) is 0 Å². The van der Waals surface area contributed by atoms with Gasteiger partial charge >= 0.3 is 0 Å². The summed E-state index contributed by atoms with van der Waals surface area (Å²) >= 11 is 0. The van der Waals surface area contributed by atoms with Gasteiger partial charge in [0.25, 0.3) is 5.91 Å². The van der Waals surface area contributed by atoms with Gasteiger partial charge in [-0.1, -0.05) is 18.2 Å². The Morgan fingerprint density at radius 1 is 1.15 bits per heavy atom. The van der Waals surface area contributed by atoms with Crippen molar-refractivity contribution in [1.82, 2.24) is 0 Å². The quantitative estimate of drug-likeness (QED) is 0.830. The number of nitrogens with zero attached hydrogens (tertiary/aromatic N) is 1. The monoisotopic (exact) mass is 275 g/mol. The number of aryl methyl sites for hydroxylation is 1. The average Bonchev–Trinajstić information content (AvgIpc) is 2.44. The molecule has 2 aromatic carbocycles. The first-order valence-electron chi connectivity index (χ1n) is 6.37. The second-order valence-corrected chi connectivity index (χ2v) is 4.46. The molecule has 0 N–H and O–H groups in total. The van der Waals surface area contributed by atoms with Crippen molar-refractivity contribution in [3.63, 3.8) is 0 Å². The molecule has 0 fully saturated rings. The normalized spacial score (nSPS) is 10.4. The summed E-state index contributed by atoms with van der Waals surface area (Å²) in [5.41, 5.74) is 1.35. The van der Waals surface area contributed by atoms with E-state index in [9.17, 15) is 13.6 Å². The van der Waals surface area contributed by atoms with Crippen LogP contribution in [0.15, 0.2) is 42.5 Å². The van der Waals surface area contributed by atoms with E-state index in [1.54, 1.807) is 19.1 Å². The molecule has 0 saturated carbocycles. The third-order valence-corrected chi connectivity index (χ3v) is 3.13. The summed E-state index contributed by atoms with van der Waals surface area (Å²) in [6.45, 7) is 4.04. The van der Waals surface area contributed by atoms with Crippen LogP contribution in [0.25, 0.3) is 0 Å². The fourth-order valence-electron chi connectivity index (χ4n) is 2.10. The van der Waals surface area contributed by atoms with Crippen molar-refractivity contribution in [2.24, 2.45) is 0 Å².